The van der Waals surface area contributed by atoms with Gasteiger partial charge in [-0.25, -0.2) is 4.39 Å². The molecule has 2 aromatic carbocycles. The van der Waals surface area contributed by atoms with Crippen LogP contribution in [0.25, 0.3) is 6.08 Å². The van der Waals surface area contributed by atoms with E-state index in [4.69, 9.17) is 23.2 Å². The summed E-state index contributed by atoms with van der Waals surface area (Å²) in [5.74, 6) is -1.21. The first kappa shape index (κ1) is 16.9. The summed E-state index contributed by atoms with van der Waals surface area (Å²) >= 11 is 11.7. The molecule has 0 saturated carbocycles. The van der Waals surface area contributed by atoms with Crippen LogP contribution in [0.15, 0.2) is 42.5 Å². The molecule has 0 heterocycles. The maximum atomic E-state index is 13.6. The maximum absolute atomic E-state index is 13.6. The molecule has 2 aromatic rings. The molecule has 8 heteroatoms. The minimum Gasteiger partial charge on any atom is -0.321 e. The molecule has 0 atom stereocenters. The fourth-order valence-corrected chi connectivity index (χ4v) is 2.12. The highest BCUT2D eigenvalue weighted by Gasteiger charge is 2.11. The summed E-state index contributed by atoms with van der Waals surface area (Å²) in [5.41, 5.74) is -0.0737. The number of anilines is 1. The average Bonchev–Trinajstić information content (AvgIpc) is 2.48. The number of non-ortho nitro benzene ring substituents is 1. The van der Waals surface area contributed by atoms with Crippen LogP contribution in [0, 0.1) is 15.9 Å². The Kier molecular flexibility index (Phi) is 5.31. The number of benzene rings is 2. The molecule has 0 aliphatic heterocycles. The highest BCUT2D eigenvalue weighted by molar-refractivity contribution is 6.34. The number of rotatable bonds is 4. The van der Waals surface area contributed by atoms with Gasteiger partial charge in [0.25, 0.3) is 5.69 Å². The third kappa shape index (κ3) is 4.28. The van der Waals surface area contributed by atoms with Crippen LogP contribution in [0.1, 0.15) is 5.56 Å². The molecule has 0 saturated heterocycles. The van der Waals surface area contributed by atoms with Crippen LogP contribution in [0.5, 0.6) is 0 Å². The van der Waals surface area contributed by atoms with Gasteiger partial charge in [-0.05, 0) is 24.3 Å². The number of halogens is 3. The van der Waals surface area contributed by atoms with E-state index in [0.29, 0.717) is 0 Å². The van der Waals surface area contributed by atoms with E-state index in [1.165, 1.54) is 36.4 Å². The molecule has 2 rings (SSSR count). The predicted molar refractivity (Wildman–Crippen MR) is 87.2 cm³/mol. The number of hydrogen-bond acceptors (Lipinski definition) is 3. The second-order valence-corrected chi connectivity index (χ2v) is 5.19. The molecule has 118 valence electrons. The van der Waals surface area contributed by atoms with Crippen LogP contribution in [0.4, 0.5) is 15.8 Å². The molecule has 0 spiro atoms. The lowest BCUT2D eigenvalue weighted by molar-refractivity contribution is -0.384. The van der Waals surface area contributed by atoms with Crippen molar-refractivity contribution >= 4 is 46.6 Å². The molecule has 0 aliphatic carbocycles. The van der Waals surface area contributed by atoms with Crippen LogP contribution >= 0.6 is 23.2 Å². The topological polar surface area (TPSA) is 72.2 Å². The van der Waals surface area contributed by atoms with Crippen molar-refractivity contribution in [3.63, 3.8) is 0 Å². The van der Waals surface area contributed by atoms with Gasteiger partial charge >= 0.3 is 0 Å². The standard InChI is InChI=1S/C15H9Cl2FN2O3/c16-11-2-1-3-13(18)10(11)5-7-15(21)19-14-8-9(20(22)23)4-6-12(14)17/h1-8H,(H,19,21). The molecule has 5 nitrogen and oxygen atoms in total. The van der Waals surface area contributed by atoms with Gasteiger partial charge in [-0.1, -0.05) is 29.3 Å². The van der Waals surface area contributed by atoms with E-state index in [1.54, 1.807) is 0 Å². The predicted octanol–water partition coefficient (Wildman–Crippen LogP) is 4.69. The smallest absolute Gasteiger partial charge is 0.271 e. The van der Waals surface area contributed by atoms with Crippen LogP contribution in [0.3, 0.4) is 0 Å². The van der Waals surface area contributed by atoms with E-state index in [1.807, 2.05) is 0 Å². The van der Waals surface area contributed by atoms with Crippen molar-refractivity contribution in [1.29, 1.82) is 0 Å². The number of carbonyl (C=O) groups is 1. The lowest BCUT2D eigenvalue weighted by atomic mass is 10.2. The van der Waals surface area contributed by atoms with Crippen molar-refractivity contribution in [2.24, 2.45) is 0 Å². The molecule has 0 aromatic heterocycles. The first-order valence-electron chi connectivity index (χ1n) is 6.25. The minimum atomic E-state index is -0.633. The summed E-state index contributed by atoms with van der Waals surface area (Å²) in [6.45, 7) is 0. The van der Waals surface area contributed by atoms with Crippen molar-refractivity contribution < 1.29 is 14.1 Å². The molecule has 1 N–H and O–H groups in total. The number of nitrogens with one attached hydrogen (secondary N) is 1. The van der Waals surface area contributed by atoms with Gasteiger partial charge in [0, 0.05) is 23.8 Å². The van der Waals surface area contributed by atoms with E-state index in [0.717, 1.165) is 12.1 Å². The molecule has 0 unspecified atom stereocenters. The molecule has 0 aliphatic rings. The third-order valence-electron chi connectivity index (χ3n) is 2.82. The van der Waals surface area contributed by atoms with E-state index in [9.17, 15) is 19.3 Å². The fraction of sp³-hybridized carbons (Fsp3) is 0. The van der Waals surface area contributed by atoms with Gasteiger partial charge < -0.3 is 5.32 Å². The van der Waals surface area contributed by atoms with Crippen molar-refractivity contribution in [2.75, 3.05) is 5.32 Å². The Bertz CT molecular complexity index is 789. The molecular formula is C15H9Cl2FN2O3. The minimum absolute atomic E-state index is 0.0643. The van der Waals surface area contributed by atoms with Crippen LogP contribution in [-0.4, -0.2) is 10.8 Å². The van der Waals surface area contributed by atoms with Crippen molar-refractivity contribution in [3.05, 3.63) is 74.0 Å². The zero-order valence-electron chi connectivity index (χ0n) is 11.4. The van der Waals surface area contributed by atoms with Gasteiger partial charge in [0.15, 0.2) is 0 Å². The second-order valence-electron chi connectivity index (χ2n) is 4.38. The number of nitro benzene ring substituents is 1. The summed E-state index contributed by atoms with van der Waals surface area (Å²) in [7, 11) is 0. The van der Waals surface area contributed by atoms with Crippen LogP contribution in [0.2, 0.25) is 10.0 Å². The van der Waals surface area contributed by atoms with E-state index in [-0.39, 0.29) is 27.0 Å². The van der Waals surface area contributed by atoms with E-state index in [2.05, 4.69) is 5.32 Å². The maximum Gasteiger partial charge on any atom is 0.271 e. The molecular weight excluding hydrogens is 346 g/mol. The zero-order valence-corrected chi connectivity index (χ0v) is 12.9. The van der Waals surface area contributed by atoms with Gasteiger partial charge in [0.1, 0.15) is 5.82 Å². The van der Waals surface area contributed by atoms with Gasteiger partial charge in [-0.3, -0.25) is 14.9 Å². The van der Waals surface area contributed by atoms with E-state index >= 15 is 0 Å². The van der Waals surface area contributed by atoms with Crippen LogP contribution in [-0.2, 0) is 4.79 Å². The number of amides is 1. The molecule has 23 heavy (non-hydrogen) atoms. The highest BCUT2D eigenvalue weighted by atomic mass is 35.5. The summed E-state index contributed by atoms with van der Waals surface area (Å²) in [6, 6.07) is 7.78. The second kappa shape index (κ2) is 7.21. The van der Waals surface area contributed by atoms with Gasteiger partial charge in [-0.2, -0.15) is 0 Å². The number of carbonyl (C=O) groups excluding carboxylic acids is 1. The number of nitrogens with zero attached hydrogens (tertiary/aromatic N) is 1. The van der Waals surface area contributed by atoms with Crippen molar-refractivity contribution in [1.82, 2.24) is 0 Å². The quantitative estimate of drug-likeness (QED) is 0.491. The highest BCUT2D eigenvalue weighted by Crippen LogP contribution is 2.27. The third-order valence-corrected chi connectivity index (χ3v) is 3.48. The molecule has 1 amide bonds. The van der Waals surface area contributed by atoms with Crippen molar-refractivity contribution in [3.8, 4) is 0 Å². The Labute approximate surface area is 140 Å². The number of nitro groups is 1. The van der Waals surface area contributed by atoms with Gasteiger partial charge in [0.05, 0.1) is 20.7 Å². The lowest BCUT2D eigenvalue weighted by Gasteiger charge is -2.05. The summed E-state index contributed by atoms with van der Waals surface area (Å²) in [6.07, 6.45) is 2.26. The van der Waals surface area contributed by atoms with Crippen molar-refractivity contribution in [2.45, 2.75) is 0 Å². The molecule has 0 bridgehead atoms. The average molecular weight is 355 g/mol. The summed E-state index contributed by atoms with van der Waals surface area (Å²) in [4.78, 5) is 22.0. The Morgan fingerprint density at radius 3 is 2.61 bits per heavy atom. The normalized spacial score (nSPS) is 10.7. The fourth-order valence-electron chi connectivity index (χ4n) is 1.73. The molecule has 0 radical (unpaired) electrons. The van der Waals surface area contributed by atoms with E-state index < -0.39 is 16.6 Å². The SMILES string of the molecule is O=C(C=Cc1c(F)cccc1Cl)Nc1cc([N+](=O)[O-])ccc1Cl. The first-order chi connectivity index (χ1) is 10.9. The zero-order chi connectivity index (χ0) is 17.0. The molecule has 0 fully saturated rings. The number of hydrogen-bond donors (Lipinski definition) is 1. The Balaban J connectivity index is 2.18. The summed E-state index contributed by atoms with van der Waals surface area (Å²) in [5, 5.41) is 13.4. The Hall–Kier alpha value is -2.44. The van der Waals surface area contributed by atoms with Crippen LogP contribution < -0.4 is 5.32 Å². The summed E-state index contributed by atoms with van der Waals surface area (Å²) < 4.78 is 13.6. The van der Waals surface area contributed by atoms with Gasteiger partial charge in [0.2, 0.25) is 5.91 Å². The first-order valence-corrected chi connectivity index (χ1v) is 7.01. The monoisotopic (exact) mass is 354 g/mol. The Morgan fingerprint density at radius 1 is 1.22 bits per heavy atom. The Morgan fingerprint density at radius 2 is 1.96 bits per heavy atom. The largest absolute Gasteiger partial charge is 0.321 e. The van der Waals surface area contributed by atoms with Gasteiger partial charge in [-0.15, -0.1) is 0 Å². The lowest BCUT2D eigenvalue weighted by Crippen LogP contribution is -2.08.